The Kier molecular flexibility index (Phi) is 6.91. The molecule has 3 rings (SSSR count). The van der Waals surface area contributed by atoms with Crippen molar-refractivity contribution in [2.45, 2.75) is 34.9 Å². The van der Waals surface area contributed by atoms with Crippen molar-refractivity contribution in [3.8, 4) is 0 Å². The number of nitrogens with zero attached hydrogens (tertiary/aromatic N) is 3. The number of likely N-dealkylation sites (tertiary alicyclic amines) is 1. The fourth-order valence-electron chi connectivity index (χ4n) is 4.36. The normalized spacial score (nSPS) is 22.1. The van der Waals surface area contributed by atoms with Gasteiger partial charge in [-0.1, -0.05) is 11.6 Å². The number of halogens is 3. The smallest absolute Gasteiger partial charge is 0.253 e. The first-order valence-electron chi connectivity index (χ1n) is 11.1. The van der Waals surface area contributed by atoms with Crippen molar-refractivity contribution in [1.29, 1.82) is 0 Å². The number of nitrogens with one attached hydrogen (secondary N) is 1. The average Bonchev–Trinajstić information content (AvgIpc) is 2.71. The minimum Gasteiger partial charge on any atom is -0.350 e. The quantitative estimate of drug-likeness (QED) is 0.482. The molecule has 1 aromatic carbocycles. The number of benzene rings is 1. The third kappa shape index (κ3) is 5.19. The molecule has 1 aromatic heterocycles. The van der Waals surface area contributed by atoms with E-state index in [1.54, 1.807) is 17.3 Å². The molecule has 5 nitrogen and oxygen atoms in total. The molecule has 1 unspecified atom stereocenters. The second-order valence-electron chi connectivity index (χ2n) is 10.9. The van der Waals surface area contributed by atoms with Gasteiger partial charge in [-0.25, -0.2) is 18.7 Å². The molecule has 14 heteroatoms. The van der Waals surface area contributed by atoms with Crippen LogP contribution in [0.4, 0.5) is 8.78 Å². The number of piperidine rings is 1. The molecule has 0 bridgehead atoms. The zero-order chi connectivity index (χ0) is 24.8. The third-order valence-electron chi connectivity index (χ3n) is 6.77. The molecule has 2 aromatic rings. The Morgan fingerprint density at radius 2 is 1.85 bits per heavy atom. The lowest BCUT2D eigenvalue weighted by molar-refractivity contribution is 0.0146. The zero-order valence-corrected chi connectivity index (χ0v) is 21.1. The Morgan fingerprint density at radius 3 is 2.42 bits per heavy atom. The van der Waals surface area contributed by atoms with Gasteiger partial charge in [0, 0.05) is 36.4 Å². The number of carbonyl (C=O) groups excluding carboxylic acids is 1. The number of rotatable bonds is 5. The van der Waals surface area contributed by atoms with Crippen molar-refractivity contribution in [3.05, 3.63) is 58.4 Å². The van der Waals surface area contributed by atoms with Crippen molar-refractivity contribution in [2.24, 2.45) is 0 Å². The summed E-state index contributed by atoms with van der Waals surface area (Å²) in [5, 5.41) is 0.962. The van der Waals surface area contributed by atoms with Gasteiger partial charge in [-0.3, -0.25) is 4.79 Å². The first-order chi connectivity index (χ1) is 15.1. The molecule has 1 N–H and O–H groups in total. The SMILES string of the molecule is BC(B)(NCC1(F)CC(B)(B)N(C(=O)c2ccc(F)c(Cl)c2)CC1(B)B)c1ncc(C)cn1. The zero-order valence-electron chi connectivity index (χ0n) is 20.4. The molecular weight excluding hydrogens is 439 g/mol. The van der Waals surface area contributed by atoms with Gasteiger partial charge in [0.25, 0.3) is 5.91 Å². The maximum absolute atomic E-state index is 16.6. The molecule has 0 aliphatic carbocycles. The van der Waals surface area contributed by atoms with Crippen LogP contribution in [0.1, 0.15) is 28.2 Å². The van der Waals surface area contributed by atoms with Gasteiger partial charge in [0.05, 0.1) is 5.02 Å². The second-order valence-corrected chi connectivity index (χ2v) is 11.3. The molecule has 0 spiro atoms. The van der Waals surface area contributed by atoms with Crippen molar-refractivity contribution >= 4 is 64.6 Å². The number of amides is 1. The molecule has 1 atom stereocenters. The van der Waals surface area contributed by atoms with Crippen LogP contribution in [-0.4, -0.2) is 91.9 Å². The Morgan fingerprint density at radius 1 is 1.24 bits per heavy atom. The second kappa shape index (κ2) is 8.80. The maximum atomic E-state index is 16.6. The van der Waals surface area contributed by atoms with E-state index in [1.807, 2.05) is 54.0 Å². The number of hydrogen-bond acceptors (Lipinski definition) is 4. The van der Waals surface area contributed by atoms with E-state index in [2.05, 4.69) is 15.3 Å². The highest BCUT2D eigenvalue weighted by Gasteiger charge is 2.56. The van der Waals surface area contributed by atoms with Crippen molar-refractivity contribution in [1.82, 2.24) is 20.2 Å². The fourth-order valence-corrected chi connectivity index (χ4v) is 4.54. The topological polar surface area (TPSA) is 58.1 Å². The van der Waals surface area contributed by atoms with E-state index in [1.165, 1.54) is 18.2 Å². The fraction of sp³-hybridized carbons (Fsp3) is 0.421. The number of aryl methyl sites for hydroxylation is 1. The van der Waals surface area contributed by atoms with Crippen LogP contribution in [0.2, 0.25) is 10.2 Å². The van der Waals surface area contributed by atoms with Crippen LogP contribution in [0, 0.1) is 12.7 Å². The predicted octanol–water partition coefficient (Wildman–Crippen LogP) is -2.90. The number of hydrogen-bond donors (Lipinski definition) is 1. The molecule has 1 saturated heterocycles. The molecule has 1 fully saturated rings. The Hall–Kier alpha value is -1.73. The summed E-state index contributed by atoms with van der Waals surface area (Å²) in [6, 6.07) is 3.91. The number of carbonyl (C=O) groups is 1. The van der Waals surface area contributed by atoms with Gasteiger partial charge in [-0.2, -0.15) is 0 Å². The Bertz CT molecular complexity index is 1060. The lowest BCUT2D eigenvalue weighted by atomic mass is 9.39. The van der Waals surface area contributed by atoms with Gasteiger partial charge in [-0.15, -0.1) is 0 Å². The van der Waals surface area contributed by atoms with Gasteiger partial charge in [0.1, 0.15) is 64.4 Å². The van der Waals surface area contributed by atoms with Crippen LogP contribution >= 0.6 is 11.6 Å². The van der Waals surface area contributed by atoms with E-state index < -0.39 is 27.4 Å². The maximum Gasteiger partial charge on any atom is 0.253 e. The first kappa shape index (κ1) is 25.9. The van der Waals surface area contributed by atoms with Gasteiger partial charge in [0.15, 0.2) is 0 Å². The summed E-state index contributed by atoms with van der Waals surface area (Å²) in [6.45, 7) is 2.20. The molecule has 168 valence electrons. The summed E-state index contributed by atoms with van der Waals surface area (Å²) in [5.41, 5.74) is -0.360. The molecule has 33 heavy (non-hydrogen) atoms. The monoisotopic (exact) mass is 466 g/mol. The minimum absolute atomic E-state index is 0.0814. The number of alkyl halides is 1. The van der Waals surface area contributed by atoms with Crippen LogP contribution < -0.4 is 5.32 Å². The summed E-state index contributed by atoms with van der Waals surface area (Å²) in [4.78, 5) is 23.8. The van der Waals surface area contributed by atoms with E-state index in [0.29, 0.717) is 5.82 Å². The van der Waals surface area contributed by atoms with E-state index in [0.717, 1.165) is 5.56 Å². The van der Waals surface area contributed by atoms with Crippen LogP contribution in [0.25, 0.3) is 0 Å². The third-order valence-corrected chi connectivity index (χ3v) is 7.06. The van der Waals surface area contributed by atoms with E-state index >= 15 is 4.39 Å². The molecule has 1 amide bonds. The number of aromatic nitrogens is 2. The Balaban J connectivity index is 1.82. The van der Waals surface area contributed by atoms with Crippen LogP contribution in [0.5, 0.6) is 0 Å². The van der Waals surface area contributed by atoms with Crippen LogP contribution in [0.3, 0.4) is 0 Å². The van der Waals surface area contributed by atoms with E-state index in [9.17, 15) is 9.18 Å². The Labute approximate surface area is 204 Å². The largest absolute Gasteiger partial charge is 0.350 e. The average molecular weight is 466 g/mol. The highest BCUT2D eigenvalue weighted by Crippen LogP contribution is 2.47. The molecule has 0 radical (unpaired) electrons. The summed E-state index contributed by atoms with van der Waals surface area (Å²) >= 11 is 5.89. The summed E-state index contributed by atoms with van der Waals surface area (Å²) in [6.07, 6.45) is 3.62. The van der Waals surface area contributed by atoms with Gasteiger partial charge < -0.3 is 10.2 Å². The van der Waals surface area contributed by atoms with Crippen molar-refractivity contribution < 1.29 is 13.6 Å². The minimum atomic E-state index is -1.60. The van der Waals surface area contributed by atoms with Gasteiger partial charge in [0.2, 0.25) is 0 Å². The van der Waals surface area contributed by atoms with E-state index in [-0.39, 0.29) is 36.0 Å². The summed E-state index contributed by atoms with van der Waals surface area (Å²) in [7, 11) is 11.2. The molecule has 2 heterocycles. The first-order valence-corrected chi connectivity index (χ1v) is 11.5. The predicted molar refractivity (Wildman–Crippen MR) is 144 cm³/mol. The highest BCUT2D eigenvalue weighted by atomic mass is 35.5. The standard InChI is InChI=1S/C19H27B6ClF2N4O/c1-10-5-29-15(30-6-10)19(24,25)31-8-16(28)7-18(22,23)32(9-17(16,20)21)14(33)11-2-3-13(27)12(26)4-11/h2-6,31H,7-9,20-25H2,1H3. The lowest BCUT2D eigenvalue weighted by Gasteiger charge is -2.57. The van der Waals surface area contributed by atoms with Crippen LogP contribution in [-0.2, 0) is 5.34 Å². The molecular formula is C19H27B6ClF2N4O. The molecule has 0 saturated carbocycles. The highest BCUT2D eigenvalue weighted by molar-refractivity contribution is 6.44. The van der Waals surface area contributed by atoms with Gasteiger partial charge in [-0.05, 0) is 47.7 Å². The lowest BCUT2D eigenvalue weighted by Crippen LogP contribution is -2.69. The van der Waals surface area contributed by atoms with Crippen molar-refractivity contribution in [3.63, 3.8) is 0 Å². The van der Waals surface area contributed by atoms with Gasteiger partial charge >= 0.3 is 0 Å². The molecule has 1 aliphatic rings. The summed E-state index contributed by atoms with van der Waals surface area (Å²) in [5.74, 6) is -0.284. The summed E-state index contributed by atoms with van der Waals surface area (Å²) < 4.78 is 30.2. The van der Waals surface area contributed by atoms with Crippen molar-refractivity contribution in [2.75, 3.05) is 13.1 Å². The molecule has 1 aliphatic heterocycles. The van der Waals surface area contributed by atoms with Crippen LogP contribution in [0.15, 0.2) is 30.6 Å². The van der Waals surface area contributed by atoms with E-state index in [4.69, 9.17) is 11.6 Å².